The number of pyridine rings is 1. The molecule has 2 aromatic heterocycles. The zero-order chi connectivity index (χ0) is 14.7. The number of hydrogen-bond acceptors (Lipinski definition) is 5. The minimum absolute atomic E-state index is 0.0586. The van der Waals surface area contributed by atoms with E-state index in [9.17, 15) is 4.79 Å². The van der Waals surface area contributed by atoms with Gasteiger partial charge in [0.25, 0.3) is 0 Å². The number of carbonyl (C=O) groups is 1. The maximum Gasteiger partial charge on any atom is 0.234 e. The second kappa shape index (κ2) is 5.81. The molecule has 3 heterocycles. The number of nitrogens with zero attached hydrogens (tertiary/aromatic N) is 4. The molecule has 3 rings (SSSR count). The van der Waals surface area contributed by atoms with E-state index >= 15 is 0 Å². The molecular weight excluding hydrogens is 270 g/mol. The molecule has 7 heteroatoms. The van der Waals surface area contributed by atoms with E-state index in [0.29, 0.717) is 37.6 Å². The topological polar surface area (TPSA) is 82.7 Å². The Bertz CT molecular complexity index is 703. The van der Waals surface area contributed by atoms with Crippen molar-refractivity contribution in [3.05, 3.63) is 30.1 Å². The summed E-state index contributed by atoms with van der Waals surface area (Å²) < 4.78 is 7.31. The van der Waals surface area contributed by atoms with Crippen LogP contribution in [0.25, 0.3) is 5.52 Å². The molecule has 0 aliphatic carbocycles. The lowest BCUT2D eigenvalue weighted by Gasteiger charge is -2.26. The second-order valence-corrected chi connectivity index (χ2v) is 4.84. The molecule has 1 aliphatic heterocycles. The van der Waals surface area contributed by atoms with Crippen LogP contribution in [-0.2, 0) is 4.79 Å². The maximum atomic E-state index is 11.3. The molecule has 1 aliphatic rings. The van der Waals surface area contributed by atoms with Crippen LogP contribution in [0.15, 0.2) is 24.5 Å². The van der Waals surface area contributed by atoms with E-state index in [1.54, 1.807) is 10.7 Å². The van der Waals surface area contributed by atoms with Gasteiger partial charge in [0, 0.05) is 19.6 Å². The molecule has 21 heavy (non-hydrogen) atoms. The molecule has 1 N–H and O–H groups in total. The zero-order valence-electron chi connectivity index (χ0n) is 11.5. The van der Waals surface area contributed by atoms with E-state index in [0.717, 1.165) is 12.1 Å². The molecule has 0 aromatic carbocycles. The summed E-state index contributed by atoms with van der Waals surface area (Å²) in [5.74, 6) is 0.750. The Morgan fingerprint density at radius 1 is 1.48 bits per heavy atom. The van der Waals surface area contributed by atoms with Crippen molar-refractivity contribution in [2.45, 2.75) is 0 Å². The van der Waals surface area contributed by atoms with E-state index in [1.165, 1.54) is 6.20 Å². The van der Waals surface area contributed by atoms with E-state index in [1.807, 2.05) is 12.1 Å². The Labute approximate surface area is 121 Å². The fourth-order valence-electron chi connectivity index (χ4n) is 2.31. The molecule has 2 aromatic rings. The smallest absolute Gasteiger partial charge is 0.234 e. The lowest BCUT2D eigenvalue weighted by atomic mass is 10.3. The Morgan fingerprint density at radius 2 is 2.38 bits per heavy atom. The fraction of sp³-hybridized carbons (Fsp3) is 0.357. The number of amides is 1. The van der Waals surface area contributed by atoms with Gasteiger partial charge < -0.3 is 10.1 Å². The van der Waals surface area contributed by atoms with Crippen molar-refractivity contribution in [1.29, 1.82) is 5.26 Å². The molecular formula is C14H15N5O2. The monoisotopic (exact) mass is 285 g/mol. The summed E-state index contributed by atoms with van der Waals surface area (Å²) in [6.07, 6.45) is 3.28. The molecule has 0 radical (unpaired) electrons. The standard InChI is InChI=1S/C14H15N5O2/c15-7-11-8-17-19-9-12(1-2-13(11)19)21-6-5-18-4-3-16-14(20)10-18/h1-2,8-9H,3-6,10H2,(H,16,20). The number of nitriles is 1. The molecule has 1 saturated heterocycles. The predicted octanol–water partition coefficient (Wildman–Crippen LogP) is 0.0166. The molecule has 1 fully saturated rings. The molecule has 7 nitrogen and oxygen atoms in total. The van der Waals surface area contributed by atoms with Gasteiger partial charge in [-0.2, -0.15) is 10.4 Å². The second-order valence-electron chi connectivity index (χ2n) is 4.84. The van der Waals surface area contributed by atoms with Crippen molar-refractivity contribution in [2.75, 3.05) is 32.8 Å². The Morgan fingerprint density at radius 3 is 3.19 bits per heavy atom. The van der Waals surface area contributed by atoms with Crippen LogP contribution in [0.5, 0.6) is 5.75 Å². The van der Waals surface area contributed by atoms with Crippen LogP contribution in [-0.4, -0.2) is 53.2 Å². The molecule has 0 atom stereocenters. The van der Waals surface area contributed by atoms with E-state index in [4.69, 9.17) is 10.00 Å². The number of carbonyl (C=O) groups excluding carboxylic acids is 1. The van der Waals surface area contributed by atoms with Crippen molar-refractivity contribution >= 4 is 11.4 Å². The average molecular weight is 285 g/mol. The first-order valence-electron chi connectivity index (χ1n) is 6.75. The van der Waals surface area contributed by atoms with Gasteiger partial charge in [-0.15, -0.1) is 0 Å². The highest BCUT2D eigenvalue weighted by atomic mass is 16.5. The third-order valence-corrected chi connectivity index (χ3v) is 3.40. The molecule has 1 amide bonds. The number of hydrogen-bond donors (Lipinski definition) is 1. The van der Waals surface area contributed by atoms with Gasteiger partial charge in [-0.05, 0) is 12.1 Å². The van der Waals surface area contributed by atoms with Gasteiger partial charge in [-0.3, -0.25) is 9.69 Å². The zero-order valence-corrected chi connectivity index (χ0v) is 11.5. The van der Waals surface area contributed by atoms with E-state index in [-0.39, 0.29) is 5.91 Å². The highest BCUT2D eigenvalue weighted by Gasteiger charge is 2.15. The number of rotatable bonds is 4. The largest absolute Gasteiger partial charge is 0.491 e. The Kier molecular flexibility index (Phi) is 3.71. The summed E-state index contributed by atoms with van der Waals surface area (Å²) in [4.78, 5) is 13.3. The van der Waals surface area contributed by atoms with Crippen LogP contribution < -0.4 is 10.1 Å². The maximum absolute atomic E-state index is 11.3. The van der Waals surface area contributed by atoms with E-state index < -0.39 is 0 Å². The van der Waals surface area contributed by atoms with Gasteiger partial charge in [0.1, 0.15) is 18.4 Å². The first kappa shape index (κ1) is 13.4. The number of aromatic nitrogens is 2. The highest BCUT2D eigenvalue weighted by molar-refractivity contribution is 5.78. The van der Waals surface area contributed by atoms with Crippen molar-refractivity contribution in [1.82, 2.24) is 19.8 Å². The number of piperazine rings is 1. The van der Waals surface area contributed by atoms with Gasteiger partial charge in [-0.25, -0.2) is 4.52 Å². The number of ether oxygens (including phenoxy) is 1. The first-order valence-corrected chi connectivity index (χ1v) is 6.75. The van der Waals surface area contributed by atoms with E-state index in [2.05, 4.69) is 21.4 Å². The summed E-state index contributed by atoms with van der Waals surface area (Å²) in [5.41, 5.74) is 1.30. The SMILES string of the molecule is N#Cc1cnn2cc(OCCN3CCNC(=O)C3)ccc12. The number of fused-ring (bicyclic) bond motifs is 1. The van der Waals surface area contributed by atoms with Crippen molar-refractivity contribution < 1.29 is 9.53 Å². The lowest BCUT2D eigenvalue weighted by molar-refractivity contribution is -0.124. The number of nitrogens with one attached hydrogen (secondary N) is 1. The van der Waals surface area contributed by atoms with Crippen LogP contribution in [0.1, 0.15) is 5.56 Å². The van der Waals surface area contributed by atoms with Gasteiger partial charge in [0.2, 0.25) is 5.91 Å². The summed E-state index contributed by atoms with van der Waals surface area (Å²) >= 11 is 0. The lowest BCUT2D eigenvalue weighted by Crippen LogP contribution is -2.48. The average Bonchev–Trinajstić information content (AvgIpc) is 2.89. The van der Waals surface area contributed by atoms with Gasteiger partial charge in [-0.1, -0.05) is 0 Å². The van der Waals surface area contributed by atoms with Gasteiger partial charge >= 0.3 is 0 Å². The molecule has 0 unspecified atom stereocenters. The molecule has 108 valence electrons. The third-order valence-electron chi connectivity index (χ3n) is 3.40. The summed E-state index contributed by atoms with van der Waals surface area (Å²) in [7, 11) is 0. The normalized spacial score (nSPS) is 15.7. The minimum Gasteiger partial charge on any atom is -0.491 e. The fourth-order valence-corrected chi connectivity index (χ4v) is 2.31. The van der Waals surface area contributed by atoms with Crippen LogP contribution in [0.3, 0.4) is 0 Å². The van der Waals surface area contributed by atoms with Crippen LogP contribution >= 0.6 is 0 Å². The summed E-state index contributed by atoms with van der Waals surface area (Å²) in [5, 5.41) is 15.8. The van der Waals surface area contributed by atoms with Gasteiger partial charge in [0.15, 0.2) is 0 Å². The molecule has 0 bridgehead atoms. The Balaban J connectivity index is 1.58. The highest BCUT2D eigenvalue weighted by Crippen LogP contribution is 2.15. The van der Waals surface area contributed by atoms with Crippen molar-refractivity contribution in [2.24, 2.45) is 0 Å². The first-order chi connectivity index (χ1) is 10.3. The van der Waals surface area contributed by atoms with Crippen molar-refractivity contribution in [3.8, 4) is 11.8 Å². The third kappa shape index (κ3) is 2.95. The molecule has 0 spiro atoms. The summed E-state index contributed by atoms with van der Waals surface area (Å²) in [6, 6.07) is 5.73. The van der Waals surface area contributed by atoms with Crippen LogP contribution in [0, 0.1) is 11.3 Å². The van der Waals surface area contributed by atoms with Crippen molar-refractivity contribution in [3.63, 3.8) is 0 Å². The predicted molar refractivity (Wildman–Crippen MR) is 74.9 cm³/mol. The van der Waals surface area contributed by atoms with Crippen LogP contribution in [0.2, 0.25) is 0 Å². The molecule has 0 saturated carbocycles. The minimum atomic E-state index is 0.0586. The van der Waals surface area contributed by atoms with Crippen LogP contribution in [0.4, 0.5) is 0 Å². The quantitative estimate of drug-likeness (QED) is 0.856. The summed E-state index contributed by atoms with van der Waals surface area (Å²) in [6.45, 7) is 3.17. The Hall–Kier alpha value is -2.59. The van der Waals surface area contributed by atoms with Gasteiger partial charge in [0.05, 0.1) is 30.0 Å².